The third-order valence-electron chi connectivity index (χ3n) is 3.97. The van der Waals surface area contributed by atoms with Crippen LogP contribution in [0, 0.1) is 11.3 Å². The number of piperazine rings is 1. The highest BCUT2D eigenvalue weighted by Crippen LogP contribution is 2.30. The Balaban J connectivity index is 2.20. The highest BCUT2D eigenvalue weighted by Gasteiger charge is 2.27. The zero-order valence-electron chi connectivity index (χ0n) is 12.1. The summed E-state index contributed by atoms with van der Waals surface area (Å²) in [5.74, 6) is 0.789. The van der Waals surface area contributed by atoms with Crippen LogP contribution in [0.4, 0.5) is 0 Å². The topological polar surface area (TPSA) is 39.5 Å². The van der Waals surface area contributed by atoms with Crippen molar-refractivity contribution in [2.45, 2.75) is 19.0 Å². The van der Waals surface area contributed by atoms with Gasteiger partial charge in [-0.1, -0.05) is 6.07 Å². The predicted molar refractivity (Wildman–Crippen MR) is 82.7 cm³/mol. The van der Waals surface area contributed by atoms with Gasteiger partial charge in [-0.2, -0.15) is 5.26 Å². The molecule has 2 unspecified atom stereocenters. The van der Waals surface area contributed by atoms with Crippen molar-refractivity contribution in [3.8, 4) is 11.8 Å². The highest BCUT2D eigenvalue weighted by atomic mass is 79.9. The van der Waals surface area contributed by atoms with Crippen molar-refractivity contribution in [1.29, 1.82) is 5.26 Å². The van der Waals surface area contributed by atoms with Gasteiger partial charge in [0.2, 0.25) is 0 Å². The first-order valence-electron chi connectivity index (χ1n) is 6.74. The number of rotatable bonds is 3. The first-order valence-corrected chi connectivity index (χ1v) is 7.53. The summed E-state index contributed by atoms with van der Waals surface area (Å²) in [6, 6.07) is 8.57. The molecule has 0 radical (unpaired) electrons. The van der Waals surface area contributed by atoms with Crippen molar-refractivity contribution in [3.63, 3.8) is 0 Å². The summed E-state index contributed by atoms with van der Waals surface area (Å²) in [6.07, 6.45) is 0. The molecule has 1 aliphatic heterocycles. The lowest BCUT2D eigenvalue weighted by Crippen LogP contribution is -2.50. The maximum Gasteiger partial charge on any atom is 0.133 e. The Morgan fingerprint density at radius 1 is 1.45 bits per heavy atom. The van der Waals surface area contributed by atoms with Gasteiger partial charge >= 0.3 is 0 Å². The Morgan fingerprint density at radius 2 is 2.20 bits per heavy atom. The fourth-order valence-corrected chi connectivity index (χ4v) is 3.09. The zero-order chi connectivity index (χ0) is 14.7. The van der Waals surface area contributed by atoms with E-state index in [4.69, 9.17) is 4.74 Å². The second-order valence-corrected chi connectivity index (χ2v) is 6.10. The van der Waals surface area contributed by atoms with Gasteiger partial charge in [0, 0.05) is 25.7 Å². The van der Waals surface area contributed by atoms with E-state index in [1.54, 1.807) is 7.11 Å². The molecule has 0 aliphatic carbocycles. The number of ether oxygens (including phenoxy) is 1. The maximum absolute atomic E-state index is 9.55. The van der Waals surface area contributed by atoms with Crippen LogP contribution in [-0.2, 0) is 0 Å². The van der Waals surface area contributed by atoms with Gasteiger partial charge in [-0.05, 0) is 47.6 Å². The summed E-state index contributed by atoms with van der Waals surface area (Å²) in [4.78, 5) is 4.58. The summed E-state index contributed by atoms with van der Waals surface area (Å²) in [5.41, 5.74) is 1.01. The van der Waals surface area contributed by atoms with Crippen LogP contribution < -0.4 is 4.74 Å². The van der Waals surface area contributed by atoms with Crippen molar-refractivity contribution < 1.29 is 4.74 Å². The standard InChI is InChI=1S/C15H20BrN3O/c1-11-10-19(7-6-18(11)2)14(9-17)12-4-5-15(20-3)13(16)8-12/h4-5,8,11,14H,6-7,10H2,1-3H3. The number of methoxy groups -OCH3 is 1. The first kappa shape index (κ1) is 15.3. The van der Waals surface area contributed by atoms with Crippen LogP contribution in [0.3, 0.4) is 0 Å². The molecule has 1 aromatic carbocycles. The van der Waals surface area contributed by atoms with Crippen molar-refractivity contribution in [2.75, 3.05) is 33.8 Å². The van der Waals surface area contributed by atoms with Crippen molar-refractivity contribution in [2.24, 2.45) is 0 Å². The molecule has 108 valence electrons. The first-order chi connectivity index (χ1) is 9.56. The monoisotopic (exact) mass is 337 g/mol. The summed E-state index contributed by atoms with van der Waals surface area (Å²) in [5, 5.41) is 9.55. The lowest BCUT2D eigenvalue weighted by atomic mass is 10.0. The molecule has 1 saturated heterocycles. The third-order valence-corrected chi connectivity index (χ3v) is 4.59. The van der Waals surface area contributed by atoms with Crippen molar-refractivity contribution in [1.82, 2.24) is 9.80 Å². The summed E-state index contributed by atoms with van der Waals surface area (Å²) >= 11 is 3.49. The Kier molecular flexibility index (Phi) is 5.03. The highest BCUT2D eigenvalue weighted by molar-refractivity contribution is 9.10. The normalized spacial score (nSPS) is 22.2. The molecule has 20 heavy (non-hydrogen) atoms. The number of benzene rings is 1. The molecule has 0 bridgehead atoms. The van der Waals surface area contributed by atoms with E-state index in [2.05, 4.69) is 45.8 Å². The number of nitriles is 1. The van der Waals surface area contributed by atoms with E-state index in [0.29, 0.717) is 6.04 Å². The van der Waals surface area contributed by atoms with E-state index in [1.807, 2.05) is 18.2 Å². The van der Waals surface area contributed by atoms with Crippen LogP contribution in [0.25, 0.3) is 0 Å². The number of nitrogens with zero attached hydrogens (tertiary/aromatic N) is 3. The molecule has 1 aromatic rings. The molecule has 0 aromatic heterocycles. The van der Waals surface area contributed by atoms with Gasteiger partial charge in [-0.3, -0.25) is 4.90 Å². The summed E-state index contributed by atoms with van der Waals surface area (Å²) < 4.78 is 6.13. The SMILES string of the molecule is COc1ccc(C(C#N)N2CCN(C)C(C)C2)cc1Br. The third kappa shape index (κ3) is 3.14. The Labute approximate surface area is 129 Å². The molecule has 4 nitrogen and oxygen atoms in total. The lowest BCUT2D eigenvalue weighted by Gasteiger charge is -2.39. The van der Waals surface area contributed by atoms with Crippen LogP contribution in [0.5, 0.6) is 5.75 Å². The van der Waals surface area contributed by atoms with Crippen LogP contribution in [0.15, 0.2) is 22.7 Å². The summed E-state index contributed by atoms with van der Waals surface area (Å²) in [6.45, 7) is 5.03. The number of halogens is 1. The Hall–Kier alpha value is -1.09. The number of likely N-dealkylation sites (N-methyl/N-ethyl adjacent to an activating group) is 1. The fourth-order valence-electron chi connectivity index (χ4n) is 2.53. The number of hydrogen-bond acceptors (Lipinski definition) is 4. The van der Waals surface area contributed by atoms with E-state index >= 15 is 0 Å². The largest absolute Gasteiger partial charge is 0.496 e. The molecule has 0 amide bonds. The molecule has 2 atom stereocenters. The van der Waals surface area contributed by atoms with Crippen LogP contribution in [0.1, 0.15) is 18.5 Å². The molecule has 5 heteroatoms. The summed E-state index contributed by atoms with van der Waals surface area (Å²) in [7, 11) is 3.77. The van der Waals surface area contributed by atoms with Crippen molar-refractivity contribution in [3.05, 3.63) is 28.2 Å². The predicted octanol–water partition coefficient (Wildman–Crippen LogP) is 2.66. The van der Waals surface area contributed by atoms with Gasteiger partial charge < -0.3 is 9.64 Å². The van der Waals surface area contributed by atoms with E-state index in [-0.39, 0.29) is 6.04 Å². The molecular weight excluding hydrogens is 318 g/mol. The minimum atomic E-state index is -0.201. The van der Waals surface area contributed by atoms with Crippen LogP contribution in [-0.4, -0.2) is 49.6 Å². The van der Waals surface area contributed by atoms with Gasteiger partial charge in [0.1, 0.15) is 11.8 Å². The maximum atomic E-state index is 9.55. The molecule has 0 spiro atoms. The van der Waals surface area contributed by atoms with E-state index < -0.39 is 0 Å². The Morgan fingerprint density at radius 3 is 2.75 bits per heavy atom. The van der Waals surface area contributed by atoms with Gasteiger partial charge in [0.25, 0.3) is 0 Å². The molecular formula is C15H20BrN3O. The molecule has 0 saturated carbocycles. The second-order valence-electron chi connectivity index (χ2n) is 5.25. The average molecular weight is 338 g/mol. The zero-order valence-corrected chi connectivity index (χ0v) is 13.7. The molecule has 1 fully saturated rings. The fraction of sp³-hybridized carbons (Fsp3) is 0.533. The quantitative estimate of drug-likeness (QED) is 0.850. The lowest BCUT2D eigenvalue weighted by molar-refractivity contribution is 0.0881. The molecule has 1 aliphatic rings. The van der Waals surface area contributed by atoms with E-state index in [9.17, 15) is 5.26 Å². The minimum absolute atomic E-state index is 0.201. The van der Waals surface area contributed by atoms with Gasteiger partial charge in [0.15, 0.2) is 0 Å². The van der Waals surface area contributed by atoms with E-state index in [0.717, 1.165) is 35.4 Å². The molecule has 1 heterocycles. The minimum Gasteiger partial charge on any atom is -0.496 e. The smallest absolute Gasteiger partial charge is 0.133 e. The molecule has 2 rings (SSSR count). The van der Waals surface area contributed by atoms with Gasteiger partial charge in [0.05, 0.1) is 17.7 Å². The van der Waals surface area contributed by atoms with Crippen LogP contribution in [0.2, 0.25) is 0 Å². The molecule has 0 N–H and O–H groups in total. The van der Waals surface area contributed by atoms with Gasteiger partial charge in [-0.25, -0.2) is 0 Å². The average Bonchev–Trinajstić information content (AvgIpc) is 2.44. The van der Waals surface area contributed by atoms with E-state index in [1.165, 1.54) is 0 Å². The van der Waals surface area contributed by atoms with Crippen LogP contribution >= 0.6 is 15.9 Å². The number of hydrogen-bond donors (Lipinski definition) is 0. The van der Waals surface area contributed by atoms with Crippen molar-refractivity contribution >= 4 is 15.9 Å². The van der Waals surface area contributed by atoms with Gasteiger partial charge in [-0.15, -0.1) is 0 Å². The second kappa shape index (κ2) is 6.57. The Bertz CT molecular complexity index is 514.